The molecular weight excluding hydrogens is 378 g/mol. The number of aromatic amines is 1. The fourth-order valence-corrected chi connectivity index (χ4v) is 3.77. The molecule has 0 saturated carbocycles. The first-order chi connectivity index (χ1) is 14.2. The number of aromatic nitrogens is 2. The van der Waals surface area contributed by atoms with Gasteiger partial charge in [-0.05, 0) is 25.1 Å². The van der Waals surface area contributed by atoms with Gasteiger partial charge < -0.3 is 10.3 Å². The number of rotatable bonds is 3. The minimum absolute atomic E-state index is 0.702. The van der Waals surface area contributed by atoms with Crippen LogP contribution in [0.15, 0.2) is 78.5 Å². The predicted molar refractivity (Wildman–Crippen MR) is 121 cm³/mol. The average Bonchev–Trinajstić information content (AvgIpc) is 3.15. The molecule has 3 aromatic carbocycles. The summed E-state index contributed by atoms with van der Waals surface area (Å²) in [6, 6.07) is 24.2. The molecule has 2 N–H and O–H groups in total. The van der Waals surface area contributed by atoms with E-state index in [1.807, 2.05) is 54.6 Å². The Morgan fingerprint density at radius 3 is 2.48 bits per heavy atom. The molecule has 0 fully saturated rings. The van der Waals surface area contributed by atoms with Gasteiger partial charge in [0.25, 0.3) is 0 Å². The zero-order chi connectivity index (χ0) is 19.8. The van der Waals surface area contributed by atoms with Crippen LogP contribution in [-0.2, 0) is 0 Å². The van der Waals surface area contributed by atoms with Crippen molar-refractivity contribution in [2.75, 3.05) is 5.32 Å². The molecule has 1 aromatic heterocycles. The monoisotopic (exact) mass is 395 g/mol. The third kappa shape index (κ3) is 3.27. The Bertz CT molecular complexity index is 1280. The number of benzene rings is 3. The summed E-state index contributed by atoms with van der Waals surface area (Å²) in [7, 11) is 0. The first-order valence-electron chi connectivity index (χ1n) is 9.44. The van der Waals surface area contributed by atoms with Crippen molar-refractivity contribution in [3.63, 3.8) is 0 Å². The van der Waals surface area contributed by atoms with Crippen molar-refractivity contribution in [3.05, 3.63) is 100 Å². The molecule has 0 radical (unpaired) electrons. The van der Waals surface area contributed by atoms with Crippen LogP contribution < -0.4 is 5.32 Å². The Kier molecular flexibility index (Phi) is 4.33. The quantitative estimate of drug-likeness (QED) is 0.375. The molecule has 3 nitrogen and oxygen atoms in total. The molecule has 140 valence electrons. The van der Waals surface area contributed by atoms with Crippen LogP contribution in [0.25, 0.3) is 34.4 Å². The number of hydrogen-bond donors (Lipinski definition) is 2. The topological polar surface area (TPSA) is 40.7 Å². The molecule has 0 unspecified atom stereocenters. The number of nitrogens with zero attached hydrogens (tertiary/aromatic N) is 1. The van der Waals surface area contributed by atoms with Gasteiger partial charge in [0.05, 0.1) is 11.4 Å². The Morgan fingerprint density at radius 2 is 1.66 bits per heavy atom. The third-order valence-electron chi connectivity index (χ3n) is 5.03. The zero-order valence-corrected chi connectivity index (χ0v) is 16.6. The minimum Gasteiger partial charge on any atom is -0.348 e. The van der Waals surface area contributed by atoms with E-state index in [0.717, 1.165) is 50.9 Å². The summed E-state index contributed by atoms with van der Waals surface area (Å²) in [6.45, 7) is 2.05. The van der Waals surface area contributed by atoms with Crippen LogP contribution in [-0.4, -0.2) is 9.97 Å². The highest BCUT2D eigenvalue weighted by atomic mass is 35.5. The summed E-state index contributed by atoms with van der Waals surface area (Å²) in [5.74, 6) is 0.838. The van der Waals surface area contributed by atoms with Crippen LogP contribution in [0.3, 0.4) is 0 Å². The van der Waals surface area contributed by atoms with Gasteiger partial charge in [0.15, 0.2) is 0 Å². The zero-order valence-electron chi connectivity index (χ0n) is 15.8. The van der Waals surface area contributed by atoms with Crippen molar-refractivity contribution >= 4 is 29.1 Å². The van der Waals surface area contributed by atoms with E-state index < -0.39 is 0 Å². The van der Waals surface area contributed by atoms with Gasteiger partial charge >= 0.3 is 0 Å². The fraction of sp³-hybridized carbons (Fsp3) is 0.0400. The second kappa shape index (κ2) is 7.14. The van der Waals surface area contributed by atoms with Gasteiger partial charge in [-0.25, -0.2) is 4.98 Å². The molecule has 0 aliphatic carbocycles. The molecule has 1 aliphatic heterocycles. The minimum atomic E-state index is 0.702. The molecule has 5 rings (SSSR count). The van der Waals surface area contributed by atoms with Crippen molar-refractivity contribution in [2.45, 2.75) is 6.92 Å². The maximum absolute atomic E-state index is 6.18. The number of hydrogen-bond acceptors (Lipinski definition) is 2. The van der Waals surface area contributed by atoms with E-state index in [2.05, 4.69) is 47.2 Å². The Balaban J connectivity index is 1.59. The SMILES string of the molecule is Cc1[nH]c(-c2ccccc2C2=C=Cc3ccc(Cl)cc3N2)nc1-c1ccccc1. The van der Waals surface area contributed by atoms with Crippen molar-refractivity contribution in [1.29, 1.82) is 0 Å². The number of H-pyrrole nitrogens is 1. The van der Waals surface area contributed by atoms with Gasteiger partial charge in [-0.1, -0.05) is 78.0 Å². The summed E-state index contributed by atoms with van der Waals surface area (Å²) in [6.07, 6.45) is 1.98. The number of halogens is 1. The van der Waals surface area contributed by atoms with Crippen molar-refractivity contribution in [2.24, 2.45) is 0 Å². The molecule has 1 aliphatic rings. The fourth-order valence-electron chi connectivity index (χ4n) is 3.60. The molecule has 4 heteroatoms. The van der Waals surface area contributed by atoms with E-state index in [4.69, 9.17) is 16.6 Å². The van der Waals surface area contributed by atoms with E-state index in [1.54, 1.807) is 0 Å². The lowest BCUT2D eigenvalue weighted by Gasteiger charge is -2.17. The van der Waals surface area contributed by atoms with Gasteiger partial charge in [0.1, 0.15) is 5.82 Å². The van der Waals surface area contributed by atoms with E-state index >= 15 is 0 Å². The van der Waals surface area contributed by atoms with Crippen molar-refractivity contribution in [3.8, 4) is 22.6 Å². The van der Waals surface area contributed by atoms with Crippen LogP contribution in [0.4, 0.5) is 5.69 Å². The lowest BCUT2D eigenvalue weighted by molar-refractivity contribution is 1.25. The molecular formula is C25H18ClN3. The molecule has 0 spiro atoms. The van der Waals surface area contributed by atoms with Gasteiger partial charge in [-0.15, -0.1) is 0 Å². The van der Waals surface area contributed by atoms with Crippen LogP contribution >= 0.6 is 11.6 Å². The summed E-state index contributed by atoms with van der Waals surface area (Å²) < 4.78 is 0. The van der Waals surface area contributed by atoms with E-state index in [1.165, 1.54) is 0 Å². The highest BCUT2D eigenvalue weighted by molar-refractivity contribution is 6.31. The lowest BCUT2D eigenvalue weighted by atomic mass is 10.0. The molecule has 0 amide bonds. The number of fused-ring (bicyclic) bond motifs is 1. The third-order valence-corrected chi connectivity index (χ3v) is 5.27. The number of anilines is 1. The number of nitrogens with one attached hydrogen (secondary N) is 2. The van der Waals surface area contributed by atoms with E-state index in [9.17, 15) is 0 Å². The second-order valence-electron chi connectivity index (χ2n) is 6.99. The number of aryl methyl sites for hydroxylation is 1. The summed E-state index contributed by atoms with van der Waals surface area (Å²) in [4.78, 5) is 8.36. The second-order valence-corrected chi connectivity index (χ2v) is 7.43. The maximum atomic E-state index is 6.18. The first kappa shape index (κ1) is 17.6. The van der Waals surface area contributed by atoms with Gasteiger partial charge in [0.2, 0.25) is 0 Å². The van der Waals surface area contributed by atoms with Crippen LogP contribution in [0.5, 0.6) is 0 Å². The normalized spacial score (nSPS) is 12.3. The average molecular weight is 396 g/mol. The van der Waals surface area contributed by atoms with E-state index in [0.29, 0.717) is 5.02 Å². The van der Waals surface area contributed by atoms with Crippen molar-refractivity contribution in [1.82, 2.24) is 9.97 Å². The summed E-state index contributed by atoms with van der Waals surface area (Å²) in [5.41, 5.74) is 11.5. The molecule has 0 atom stereocenters. The van der Waals surface area contributed by atoms with Crippen LogP contribution in [0.2, 0.25) is 5.02 Å². The molecule has 4 aromatic rings. The van der Waals surface area contributed by atoms with Gasteiger partial charge in [-0.2, -0.15) is 0 Å². The Labute approximate surface area is 174 Å². The smallest absolute Gasteiger partial charge is 0.138 e. The van der Waals surface area contributed by atoms with Crippen LogP contribution in [0, 0.1) is 6.92 Å². The molecule has 29 heavy (non-hydrogen) atoms. The van der Waals surface area contributed by atoms with Gasteiger partial charge in [0, 0.05) is 38.7 Å². The highest BCUT2D eigenvalue weighted by Crippen LogP contribution is 2.34. The lowest BCUT2D eigenvalue weighted by Crippen LogP contribution is -2.04. The highest BCUT2D eigenvalue weighted by Gasteiger charge is 2.17. The summed E-state index contributed by atoms with van der Waals surface area (Å²) in [5, 5.41) is 4.17. The Morgan fingerprint density at radius 1 is 0.897 bits per heavy atom. The molecule has 0 saturated heterocycles. The van der Waals surface area contributed by atoms with E-state index in [-0.39, 0.29) is 0 Å². The first-order valence-corrected chi connectivity index (χ1v) is 9.82. The predicted octanol–water partition coefficient (Wildman–Crippen LogP) is 6.78. The molecule has 2 heterocycles. The largest absolute Gasteiger partial charge is 0.348 e. The number of imidazole rings is 1. The van der Waals surface area contributed by atoms with Gasteiger partial charge in [-0.3, -0.25) is 0 Å². The maximum Gasteiger partial charge on any atom is 0.138 e. The Hall–Kier alpha value is -3.52. The standard InChI is InChI=1S/C25H18ClN3/c1-16-24(18-7-3-2-4-8-18)29-25(27-16)21-10-6-5-9-20(21)22-14-12-17-11-13-19(26)15-23(17)28-22/h2-13,15,28H,1H3,(H,27,29). The molecule has 0 bridgehead atoms. The summed E-state index contributed by atoms with van der Waals surface area (Å²) >= 11 is 6.18. The van der Waals surface area contributed by atoms with Crippen molar-refractivity contribution < 1.29 is 0 Å². The van der Waals surface area contributed by atoms with Crippen LogP contribution in [0.1, 0.15) is 16.8 Å².